The van der Waals surface area contributed by atoms with Crippen molar-refractivity contribution in [3.63, 3.8) is 0 Å². The van der Waals surface area contributed by atoms with E-state index in [9.17, 15) is 0 Å². The maximum absolute atomic E-state index is 7.11. The average Bonchev–Trinajstić information content (AvgIpc) is 2.56. The molecule has 2 radical (unpaired) electrons. The Kier molecular flexibility index (Phi) is 4.50. The second kappa shape index (κ2) is 6.34. The largest absolute Gasteiger partial charge is 0.487 e. The molecule has 20 heavy (non-hydrogen) atoms. The molecule has 2 heteroatoms. The average molecular weight is 268 g/mol. The molecular formula is C18H27BN+. The van der Waals surface area contributed by atoms with Crippen LogP contribution in [0, 0.1) is 0 Å². The highest BCUT2D eigenvalue weighted by atomic mass is 15.3. The van der Waals surface area contributed by atoms with Gasteiger partial charge in [-0.3, -0.25) is 0 Å². The fourth-order valence-electron chi connectivity index (χ4n) is 4.42. The van der Waals surface area contributed by atoms with Crippen LogP contribution in [0.2, 0.25) is 0 Å². The van der Waals surface area contributed by atoms with Gasteiger partial charge in [-0.1, -0.05) is 31.0 Å². The second-order valence-corrected chi connectivity index (χ2v) is 6.75. The first-order valence-corrected chi connectivity index (χ1v) is 8.54. The molecule has 0 amide bonds. The predicted octanol–water partition coefficient (Wildman–Crippen LogP) is 4.74. The van der Waals surface area contributed by atoms with E-state index >= 15 is 0 Å². The van der Waals surface area contributed by atoms with Gasteiger partial charge in [-0.15, -0.1) is 0 Å². The van der Waals surface area contributed by atoms with Crippen LogP contribution in [0.5, 0.6) is 0 Å². The minimum atomic E-state index is 0.634. The molecule has 0 bridgehead atoms. The number of rotatable bonds is 3. The van der Waals surface area contributed by atoms with Gasteiger partial charge < -0.3 is 4.39 Å². The van der Waals surface area contributed by atoms with Crippen LogP contribution in [-0.4, -0.2) is 20.1 Å². The molecular weight excluding hydrogens is 241 g/mol. The number of benzene rings is 1. The third kappa shape index (κ3) is 2.68. The van der Waals surface area contributed by atoms with Crippen molar-refractivity contribution in [1.29, 1.82) is 0 Å². The zero-order valence-electron chi connectivity index (χ0n) is 12.6. The van der Waals surface area contributed by atoms with Gasteiger partial charge >= 0.3 is 7.98 Å². The first-order chi connectivity index (χ1) is 9.82. The SMILES string of the molecule is [B][N+](c1ccccc1)(C1CCCCC1)C1CCCCC1. The summed E-state index contributed by atoms with van der Waals surface area (Å²) in [7, 11) is 7.11. The number of hydrogen-bond acceptors (Lipinski definition) is 0. The van der Waals surface area contributed by atoms with Crippen molar-refractivity contribution in [3.8, 4) is 0 Å². The van der Waals surface area contributed by atoms with E-state index < -0.39 is 0 Å². The third-order valence-corrected chi connectivity index (χ3v) is 5.56. The maximum atomic E-state index is 7.11. The summed E-state index contributed by atoms with van der Waals surface area (Å²) >= 11 is 0. The Morgan fingerprint density at radius 2 is 1.15 bits per heavy atom. The van der Waals surface area contributed by atoms with Crippen molar-refractivity contribution in [3.05, 3.63) is 30.3 Å². The molecule has 106 valence electrons. The molecule has 0 spiro atoms. The van der Waals surface area contributed by atoms with Crippen molar-refractivity contribution in [2.45, 2.75) is 76.3 Å². The first-order valence-electron chi connectivity index (χ1n) is 8.54. The maximum Gasteiger partial charge on any atom is 0.487 e. The van der Waals surface area contributed by atoms with E-state index in [4.69, 9.17) is 7.98 Å². The third-order valence-electron chi connectivity index (χ3n) is 5.56. The monoisotopic (exact) mass is 268 g/mol. The number of hydrogen-bond donors (Lipinski definition) is 0. The zero-order chi connectivity index (χ0) is 13.8. The molecule has 2 aliphatic carbocycles. The Morgan fingerprint density at radius 3 is 1.60 bits per heavy atom. The lowest BCUT2D eigenvalue weighted by molar-refractivity contribution is 0.176. The molecule has 0 N–H and O–H groups in total. The van der Waals surface area contributed by atoms with Crippen molar-refractivity contribution < 1.29 is 0 Å². The number of nitrogens with zero attached hydrogens (tertiary/aromatic N) is 1. The van der Waals surface area contributed by atoms with Crippen LogP contribution in [0.4, 0.5) is 5.69 Å². The van der Waals surface area contributed by atoms with Crippen molar-refractivity contribution in [2.24, 2.45) is 0 Å². The molecule has 0 atom stereocenters. The lowest BCUT2D eigenvalue weighted by atomic mass is 9.81. The summed E-state index contributed by atoms with van der Waals surface area (Å²) in [5.41, 5.74) is 1.34. The van der Waals surface area contributed by atoms with Gasteiger partial charge in [-0.05, 0) is 63.5 Å². The van der Waals surface area contributed by atoms with Gasteiger partial charge in [0.15, 0.2) is 0 Å². The quantitative estimate of drug-likeness (QED) is 0.694. The summed E-state index contributed by atoms with van der Waals surface area (Å²) in [6.07, 6.45) is 13.5. The molecule has 2 fully saturated rings. The minimum absolute atomic E-state index is 0.634. The van der Waals surface area contributed by atoms with Gasteiger partial charge in [0.25, 0.3) is 0 Å². The molecule has 3 rings (SSSR count). The fraction of sp³-hybridized carbons (Fsp3) is 0.667. The van der Waals surface area contributed by atoms with Crippen LogP contribution in [0.3, 0.4) is 0 Å². The van der Waals surface area contributed by atoms with E-state index in [0.717, 1.165) is 4.39 Å². The van der Waals surface area contributed by atoms with Crippen LogP contribution < -0.4 is 4.39 Å². The van der Waals surface area contributed by atoms with E-state index in [-0.39, 0.29) is 0 Å². The van der Waals surface area contributed by atoms with E-state index in [1.807, 2.05) is 0 Å². The minimum Gasteiger partial charge on any atom is -0.359 e. The topological polar surface area (TPSA) is 0 Å². The second-order valence-electron chi connectivity index (χ2n) is 6.75. The summed E-state index contributed by atoms with van der Waals surface area (Å²) in [6.45, 7) is 0. The Balaban J connectivity index is 1.92. The van der Waals surface area contributed by atoms with Crippen LogP contribution in [-0.2, 0) is 0 Å². The summed E-state index contributed by atoms with van der Waals surface area (Å²) in [6, 6.07) is 12.2. The zero-order valence-corrected chi connectivity index (χ0v) is 12.6. The van der Waals surface area contributed by atoms with E-state index in [0.29, 0.717) is 12.1 Å². The Hall–Kier alpha value is -0.755. The van der Waals surface area contributed by atoms with Gasteiger partial charge in [0.2, 0.25) is 0 Å². The summed E-state index contributed by atoms with van der Waals surface area (Å²) in [4.78, 5) is 0. The van der Waals surface area contributed by atoms with Crippen LogP contribution in [0.1, 0.15) is 64.2 Å². The molecule has 0 unspecified atom stereocenters. The highest BCUT2D eigenvalue weighted by molar-refractivity contribution is 6.14. The molecule has 2 saturated carbocycles. The fourth-order valence-corrected chi connectivity index (χ4v) is 4.42. The highest BCUT2D eigenvalue weighted by Crippen LogP contribution is 2.39. The van der Waals surface area contributed by atoms with E-state index in [1.165, 1.54) is 69.9 Å². The normalized spacial score (nSPS) is 22.8. The van der Waals surface area contributed by atoms with Gasteiger partial charge in [0.05, 0.1) is 12.1 Å². The molecule has 0 heterocycles. The van der Waals surface area contributed by atoms with Crippen molar-refractivity contribution in [2.75, 3.05) is 0 Å². The number of quaternary nitrogens is 1. The van der Waals surface area contributed by atoms with E-state index in [2.05, 4.69) is 30.3 Å². The highest BCUT2D eigenvalue weighted by Gasteiger charge is 2.42. The molecule has 1 aromatic carbocycles. The van der Waals surface area contributed by atoms with Crippen molar-refractivity contribution >= 4 is 13.7 Å². The lowest BCUT2D eigenvalue weighted by Gasteiger charge is -2.50. The molecule has 0 saturated heterocycles. The van der Waals surface area contributed by atoms with Crippen LogP contribution in [0.15, 0.2) is 30.3 Å². The Labute approximate surface area is 125 Å². The lowest BCUT2D eigenvalue weighted by Crippen LogP contribution is -2.62. The Morgan fingerprint density at radius 1 is 0.700 bits per heavy atom. The van der Waals surface area contributed by atoms with Gasteiger partial charge in [-0.2, -0.15) is 0 Å². The van der Waals surface area contributed by atoms with Gasteiger partial charge in [0, 0.05) is 0 Å². The molecule has 0 aliphatic heterocycles. The van der Waals surface area contributed by atoms with Gasteiger partial charge in [-0.25, -0.2) is 0 Å². The molecule has 1 nitrogen and oxygen atoms in total. The Bertz CT molecular complexity index is 387. The molecule has 1 aromatic rings. The summed E-state index contributed by atoms with van der Waals surface area (Å²) < 4.78 is 0.723. The van der Waals surface area contributed by atoms with Crippen molar-refractivity contribution in [1.82, 2.24) is 4.39 Å². The molecule has 2 aliphatic rings. The van der Waals surface area contributed by atoms with E-state index in [1.54, 1.807) is 0 Å². The van der Waals surface area contributed by atoms with Crippen LogP contribution in [0.25, 0.3) is 0 Å². The summed E-state index contributed by atoms with van der Waals surface area (Å²) in [5.74, 6) is 0. The van der Waals surface area contributed by atoms with Crippen LogP contribution >= 0.6 is 0 Å². The smallest absolute Gasteiger partial charge is 0.359 e. The molecule has 0 aromatic heterocycles. The summed E-state index contributed by atoms with van der Waals surface area (Å²) in [5, 5.41) is 0. The number of para-hydroxylation sites is 1. The standard InChI is InChI=1S/C18H27BN/c19-20(16-10-4-1-5-11-16,17-12-6-2-7-13-17)18-14-8-3-9-15-18/h1,4-5,10-11,17-18H,2-3,6-9,12-15H2/q+1. The first kappa shape index (κ1) is 14.2. The van der Waals surface area contributed by atoms with Gasteiger partial charge in [0.1, 0.15) is 5.69 Å². The predicted molar refractivity (Wildman–Crippen MR) is 87.7 cm³/mol.